The molecular weight excluding hydrogens is 302 g/mol. The van der Waals surface area contributed by atoms with Crippen molar-refractivity contribution in [1.82, 2.24) is 4.98 Å². The molecule has 3 rings (SSSR count). The minimum atomic E-state index is 0.0792. The first-order chi connectivity index (χ1) is 11.7. The van der Waals surface area contributed by atoms with Gasteiger partial charge in [-0.25, -0.2) is 4.98 Å². The van der Waals surface area contributed by atoms with Crippen molar-refractivity contribution in [3.63, 3.8) is 0 Å². The van der Waals surface area contributed by atoms with E-state index in [9.17, 15) is 0 Å². The molecule has 0 radical (unpaired) electrons. The number of rotatable bonds is 5. The number of nitrogen functional groups attached to an aromatic ring is 1. The van der Waals surface area contributed by atoms with Gasteiger partial charge in [0.15, 0.2) is 0 Å². The molecule has 4 N–H and O–H groups in total. The van der Waals surface area contributed by atoms with Gasteiger partial charge in [0.25, 0.3) is 0 Å². The van der Waals surface area contributed by atoms with Crippen LogP contribution < -0.4 is 11.1 Å². The standard InChI is InChI=1S/C19H25N3O2/c1-13-2-3-16(20)12-17(13)15-10-18(14-4-8-24-9-5-14)22-19(11-15)21-6-7-23/h2-3,10-12,14,23H,4-9,20H2,1H3,(H,21,22). The van der Waals surface area contributed by atoms with E-state index in [0.717, 1.165) is 54.4 Å². The summed E-state index contributed by atoms with van der Waals surface area (Å²) in [7, 11) is 0. The van der Waals surface area contributed by atoms with Crippen LogP contribution in [0.4, 0.5) is 11.5 Å². The number of aliphatic hydroxyl groups is 1. The molecule has 1 aliphatic heterocycles. The van der Waals surface area contributed by atoms with E-state index in [1.165, 1.54) is 5.56 Å². The number of benzene rings is 1. The molecule has 2 aromatic rings. The lowest BCUT2D eigenvalue weighted by molar-refractivity contribution is 0.0845. The smallest absolute Gasteiger partial charge is 0.126 e. The van der Waals surface area contributed by atoms with Crippen LogP contribution in [0.2, 0.25) is 0 Å². The van der Waals surface area contributed by atoms with E-state index < -0.39 is 0 Å². The monoisotopic (exact) mass is 327 g/mol. The van der Waals surface area contributed by atoms with Crippen LogP contribution in [-0.4, -0.2) is 36.5 Å². The Morgan fingerprint density at radius 1 is 1.25 bits per heavy atom. The number of nitrogens with two attached hydrogens (primary N) is 1. The van der Waals surface area contributed by atoms with Crippen molar-refractivity contribution in [3.05, 3.63) is 41.6 Å². The third-order valence-electron chi connectivity index (χ3n) is 4.48. The highest BCUT2D eigenvalue weighted by atomic mass is 16.5. The average Bonchev–Trinajstić information content (AvgIpc) is 2.62. The molecular formula is C19H25N3O2. The molecule has 0 unspecified atom stereocenters. The molecule has 0 amide bonds. The number of nitrogens with zero attached hydrogens (tertiary/aromatic N) is 1. The van der Waals surface area contributed by atoms with Crippen LogP contribution in [0.5, 0.6) is 0 Å². The summed E-state index contributed by atoms with van der Waals surface area (Å²) in [6.07, 6.45) is 1.98. The number of hydrogen-bond donors (Lipinski definition) is 3. The van der Waals surface area contributed by atoms with Crippen molar-refractivity contribution in [3.8, 4) is 11.1 Å². The minimum absolute atomic E-state index is 0.0792. The van der Waals surface area contributed by atoms with Gasteiger partial charge in [0.05, 0.1) is 6.61 Å². The summed E-state index contributed by atoms with van der Waals surface area (Å²) in [5.41, 5.74) is 11.2. The van der Waals surface area contributed by atoms with Gasteiger partial charge in [-0.15, -0.1) is 0 Å². The molecule has 1 saturated heterocycles. The number of pyridine rings is 1. The highest BCUT2D eigenvalue weighted by Crippen LogP contribution is 2.32. The summed E-state index contributed by atoms with van der Waals surface area (Å²) in [6, 6.07) is 10.2. The van der Waals surface area contributed by atoms with E-state index in [0.29, 0.717) is 12.5 Å². The maximum atomic E-state index is 9.09. The summed E-state index contributed by atoms with van der Waals surface area (Å²) < 4.78 is 5.47. The zero-order valence-corrected chi connectivity index (χ0v) is 14.1. The number of hydrogen-bond acceptors (Lipinski definition) is 5. The molecule has 5 nitrogen and oxygen atoms in total. The third-order valence-corrected chi connectivity index (χ3v) is 4.48. The highest BCUT2D eigenvalue weighted by molar-refractivity contribution is 5.73. The number of aromatic nitrogens is 1. The Hall–Kier alpha value is -2.11. The summed E-state index contributed by atoms with van der Waals surface area (Å²) in [5.74, 6) is 1.21. The number of nitrogens with one attached hydrogen (secondary N) is 1. The zero-order chi connectivity index (χ0) is 16.9. The molecule has 0 aliphatic carbocycles. The lowest BCUT2D eigenvalue weighted by atomic mass is 9.92. The average molecular weight is 327 g/mol. The topological polar surface area (TPSA) is 80.4 Å². The summed E-state index contributed by atoms with van der Waals surface area (Å²) in [4.78, 5) is 4.76. The van der Waals surface area contributed by atoms with E-state index in [2.05, 4.69) is 18.3 Å². The van der Waals surface area contributed by atoms with Crippen molar-refractivity contribution >= 4 is 11.5 Å². The van der Waals surface area contributed by atoms with Gasteiger partial charge in [0.1, 0.15) is 5.82 Å². The normalized spacial score (nSPS) is 15.4. The van der Waals surface area contributed by atoms with Gasteiger partial charge in [-0.1, -0.05) is 6.07 Å². The number of aryl methyl sites for hydroxylation is 1. The van der Waals surface area contributed by atoms with E-state index in [-0.39, 0.29) is 6.61 Å². The quantitative estimate of drug-likeness (QED) is 0.736. The molecule has 5 heteroatoms. The van der Waals surface area contributed by atoms with Gasteiger partial charge < -0.3 is 20.9 Å². The Morgan fingerprint density at radius 2 is 2.04 bits per heavy atom. The number of ether oxygens (including phenoxy) is 1. The van der Waals surface area contributed by atoms with Gasteiger partial charge in [0.2, 0.25) is 0 Å². The first-order valence-electron chi connectivity index (χ1n) is 8.48. The van der Waals surface area contributed by atoms with Crippen LogP contribution in [0.1, 0.15) is 30.0 Å². The number of anilines is 2. The van der Waals surface area contributed by atoms with Crippen LogP contribution in [0.25, 0.3) is 11.1 Å². The maximum absolute atomic E-state index is 9.09. The van der Waals surface area contributed by atoms with E-state index in [4.69, 9.17) is 20.6 Å². The Kier molecular flexibility index (Phi) is 5.33. The lowest BCUT2D eigenvalue weighted by Gasteiger charge is -2.23. The number of aliphatic hydroxyl groups excluding tert-OH is 1. The second kappa shape index (κ2) is 7.64. The Bertz CT molecular complexity index is 697. The predicted molar refractivity (Wildman–Crippen MR) is 97.2 cm³/mol. The van der Waals surface area contributed by atoms with Crippen LogP contribution in [0.15, 0.2) is 30.3 Å². The van der Waals surface area contributed by atoms with Crippen molar-refractivity contribution in [2.24, 2.45) is 0 Å². The molecule has 1 fully saturated rings. The molecule has 1 aliphatic rings. The minimum Gasteiger partial charge on any atom is -0.399 e. The fourth-order valence-corrected chi connectivity index (χ4v) is 3.14. The molecule has 1 aromatic heterocycles. The largest absolute Gasteiger partial charge is 0.399 e. The third kappa shape index (κ3) is 3.86. The zero-order valence-electron chi connectivity index (χ0n) is 14.1. The Morgan fingerprint density at radius 3 is 2.79 bits per heavy atom. The van der Waals surface area contributed by atoms with E-state index >= 15 is 0 Å². The highest BCUT2D eigenvalue weighted by Gasteiger charge is 2.19. The van der Waals surface area contributed by atoms with Gasteiger partial charge >= 0.3 is 0 Å². The second-order valence-electron chi connectivity index (χ2n) is 6.28. The van der Waals surface area contributed by atoms with Gasteiger partial charge in [-0.3, -0.25) is 0 Å². The van der Waals surface area contributed by atoms with Crippen molar-refractivity contribution in [2.45, 2.75) is 25.7 Å². The molecule has 1 aromatic carbocycles. The fourth-order valence-electron chi connectivity index (χ4n) is 3.14. The molecule has 0 saturated carbocycles. The van der Waals surface area contributed by atoms with E-state index in [1.54, 1.807) is 0 Å². The van der Waals surface area contributed by atoms with E-state index in [1.807, 2.05) is 24.3 Å². The van der Waals surface area contributed by atoms with Gasteiger partial charge in [0, 0.05) is 37.1 Å². The van der Waals surface area contributed by atoms with Crippen LogP contribution >= 0.6 is 0 Å². The fraction of sp³-hybridized carbons (Fsp3) is 0.421. The van der Waals surface area contributed by atoms with Gasteiger partial charge in [-0.2, -0.15) is 0 Å². The molecule has 0 atom stereocenters. The van der Waals surface area contributed by atoms with Crippen LogP contribution in [0, 0.1) is 6.92 Å². The Labute approximate surface area is 142 Å². The maximum Gasteiger partial charge on any atom is 0.126 e. The SMILES string of the molecule is Cc1ccc(N)cc1-c1cc(NCCO)nc(C2CCOCC2)c1. The first kappa shape index (κ1) is 16.7. The van der Waals surface area contributed by atoms with Crippen molar-refractivity contribution < 1.29 is 9.84 Å². The van der Waals surface area contributed by atoms with Crippen molar-refractivity contribution in [2.75, 3.05) is 37.4 Å². The Balaban J connectivity index is 2.01. The summed E-state index contributed by atoms with van der Waals surface area (Å²) in [6.45, 7) is 4.22. The van der Waals surface area contributed by atoms with Crippen LogP contribution in [0.3, 0.4) is 0 Å². The summed E-state index contributed by atoms with van der Waals surface area (Å²) >= 11 is 0. The van der Waals surface area contributed by atoms with Gasteiger partial charge in [-0.05, 0) is 60.7 Å². The molecule has 128 valence electrons. The molecule has 0 spiro atoms. The molecule has 2 heterocycles. The van der Waals surface area contributed by atoms with Crippen molar-refractivity contribution in [1.29, 1.82) is 0 Å². The van der Waals surface area contributed by atoms with Crippen LogP contribution in [-0.2, 0) is 4.74 Å². The first-order valence-corrected chi connectivity index (χ1v) is 8.48. The lowest BCUT2D eigenvalue weighted by Crippen LogP contribution is -2.16. The second-order valence-corrected chi connectivity index (χ2v) is 6.28. The predicted octanol–water partition coefficient (Wildman–Crippen LogP) is 2.94. The molecule has 24 heavy (non-hydrogen) atoms. The summed E-state index contributed by atoms with van der Waals surface area (Å²) in [5, 5.41) is 12.3. The molecule has 0 bridgehead atoms.